The Hall–Kier alpha value is -1.87. The molecule has 2 heterocycles. The van der Waals surface area contributed by atoms with Gasteiger partial charge < -0.3 is 15.1 Å². The molecule has 0 aliphatic carbocycles. The fraction of sp³-hybridized carbons (Fsp3) is 0.611. The van der Waals surface area contributed by atoms with E-state index in [0.717, 1.165) is 31.5 Å². The van der Waals surface area contributed by atoms with Gasteiger partial charge in [0.05, 0.1) is 5.75 Å². The average Bonchev–Trinajstić information content (AvgIpc) is 3.10. The molecule has 0 radical (unpaired) electrons. The highest BCUT2D eigenvalue weighted by Gasteiger charge is 2.30. The van der Waals surface area contributed by atoms with Crippen LogP contribution in [0.2, 0.25) is 0 Å². The minimum absolute atomic E-state index is 0.0315. The van der Waals surface area contributed by atoms with Gasteiger partial charge in [-0.1, -0.05) is 0 Å². The van der Waals surface area contributed by atoms with Crippen LogP contribution in [0.1, 0.15) is 19.3 Å². The second kappa shape index (κ2) is 8.43. The van der Waals surface area contributed by atoms with Crippen molar-refractivity contribution in [3.8, 4) is 0 Å². The number of anilines is 1. The third-order valence-electron chi connectivity index (χ3n) is 5.28. The number of hydrogen-bond acceptors (Lipinski definition) is 4. The average molecular weight is 399 g/mol. The number of nitrogens with one attached hydrogen (secondary N) is 2. The van der Waals surface area contributed by atoms with Crippen LogP contribution in [0.25, 0.3) is 0 Å². The van der Waals surface area contributed by atoms with E-state index in [2.05, 4.69) is 14.9 Å². The lowest BCUT2D eigenvalue weighted by Gasteiger charge is -2.33. The molecule has 0 bridgehead atoms. The second-order valence-corrected chi connectivity index (χ2v) is 9.27. The molecule has 3 rings (SSSR count). The van der Waals surface area contributed by atoms with E-state index in [9.17, 15) is 17.6 Å². The molecule has 0 aromatic heterocycles. The summed E-state index contributed by atoms with van der Waals surface area (Å²) in [5.41, 5.74) is 0.948. The quantitative estimate of drug-likeness (QED) is 0.785. The van der Waals surface area contributed by atoms with E-state index in [4.69, 9.17) is 0 Å². The lowest BCUT2D eigenvalue weighted by atomic mass is 10.0. The van der Waals surface area contributed by atoms with Crippen LogP contribution in [0.5, 0.6) is 0 Å². The highest BCUT2D eigenvalue weighted by Crippen LogP contribution is 2.22. The van der Waals surface area contributed by atoms with Crippen molar-refractivity contribution in [2.24, 2.45) is 5.92 Å². The van der Waals surface area contributed by atoms with E-state index in [1.165, 1.54) is 19.2 Å². The maximum Gasteiger partial charge on any atom is 0.317 e. The minimum Gasteiger partial charge on any atom is -0.369 e. The van der Waals surface area contributed by atoms with Crippen molar-refractivity contribution in [2.75, 3.05) is 43.9 Å². The molecule has 2 N–H and O–H groups in total. The topological polar surface area (TPSA) is 81.8 Å². The number of amides is 2. The fourth-order valence-corrected chi connectivity index (χ4v) is 4.87. The van der Waals surface area contributed by atoms with Gasteiger partial charge in [-0.2, -0.15) is 0 Å². The van der Waals surface area contributed by atoms with E-state index in [1.807, 2.05) is 0 Å². The first kappa shape index (κ1) is 19.9. The van der Waals surface area contributed by atoms with E-state index in [-0.39, 0.29) is 29.6 Å². The summed E-state index contributed by atoms with van der Waals surface area (Å²) in [4.78, 5) is 16.5. The van der Waals surface area contributed by atoms with Gasteiger partial charge in [0.2, 0.25) is 10.0 Å². The van der Waals surface area contributed by atoms with E-state index < -0.39 is 10.0 Å². The van der Waals surface area contributed by atoms with Crippen molar-refractivity contribution in [1.82, 2.24) is 14.9 Å². The number of benzene rings is 1. The largest absolute Gasteiger partial charge is 0.369 e. The van der Waals surface area contributed by atoms with Gasteiger partial charge in [-0.3, -0.25) is 0 Å². The molecule has 2 aliphatic rings. The maximum absolute atomic E-state index is 13.1. The Kier molecular flexibility index (Phi) is 6.21. The van der Waals surface area contributed by atoms with Crippen LogP contribution in [0.4, 0.5) is 14.9 Å². The summed E-state index contributed by atoms with van der Waals surface area (Å²) >= 11 is 0. The molecule has 9 heteroatoms. The lowest BCUT2D eigenvalue weighted by molar-refractivity contribution is 0.167. The SMILES string of the molecule is CNS(=O)(=O)CC1CCCN(C(=O)NC2CCN(c3ccc(F)cc3)C2)C1. The molecular formula is C18H27FN4O3S. The molecular weight excluding hydrogens is 371 g/mol. The first-order chi connectivity index (χ1) is 12.9. The Balaban J connectivity index is 1.51. The molecule has 0 saturated carbocycles. The second-order valence-electron chi connectivity index (χ2n) is 7.30. The molecule has 1 aromatic rings. The molecule has 150 valence electrons. The first-order valence-corrected chi connectivity index (χ1v) is 11.0. The van der Waals surface area contributed by atoms with Crippen LogP contribution >= 0.6 is 0 Å². The third kappa shape index (κ3) is 5.32. The van der Waals surface area contributed by atoms with Gasteiger partial charge in [-0.25, -0.2) is 22.3 Å². The van der Waals surface area contributed by atoms with E-state index >= 15 is 0 Å². The standard InChI is InChI=1S/C18H27FN4O3S/c1-20-27(25,26)13-14-3-2-9-23(11-14)18(24)21-16-8-10-22(12-16)17-6-4-15(19)5-7-17/h4-7,14,16,20H,2-3,8-13H2,1H3,(H,21,24). The van der Waals surface area contributed by atoms with Crippen LogP contribution in [0.15, 0.2) is 24.3 Å². The van der Waals surface area contributed by atoms with Crippen molar-refractivity contribution in [3.63, 3.8) is 0 Å². The Morgan fingerprint density at radius 1 is 1.19 bits per heavy atom. The number of sulfonamides is 1. The van der Waals surface area contributed by atoms with Crippen molar-refractivity contribution in [2.45, 2.75) is 25.3 Å². The van der Waals surface area contributed by atoms with Crippen LogP contribution in [-0.2, 0) is 10.0 Å². The number of piperidine rings is 1. The fourth-order valence-electron chi connectivity index (χ4n) is 3.81. The van der Waals surface area contributed by atoms with Crippen molar-refractivity contribution in [1.29, 1.82) is 0 Å². The van der Waals surface area contributed by atoms with Gasteiger partial charge in [0.15, 0.2) is 0 Å². The number of likely N-dealkylation sites (tertiary alicyclic amines) is 1. The Morgan fingerprint density at radius 2 is 1.93 bits per heavy atom. The normalized spacial score (nSPS) is 23.5. The number of rotatable bonds is 5. The zero-order chi connectivity index (χ0) is 19.4. The molecule has 0 spiro atoms. The minimum atomic E-state index is -3.27. The number of halogens is 1. The van der Waals surface area contributed by atoms with E-state index in [1.54, 1.807) is 17.0 Å². The molecule has 7 nitrogen and oxygen atoms in total. The van der Waals surface area contributed by atoms with Crippen LogP contribution in [0, 0.1) is 11.7 Å². The molecule has 2 saturated heterocycles. The lowest BCUT2D eigenvalue weighted by Crippen LogP contribution is -2.50. The molecule has 2 unspecified atom stereocenters. The molecule has 1 aromatic carbocycles. The molecule has 2 fully saturated rings. The predicted molar refractivity (Wildman–Crippen MR) is 103 cm³/mol. The van der Waals surface area contributed by atoms with Gasteiger partial charge in [-0.05, 0) is 56.5 Å². The highest BCUT2D eigenvalue weighted by atomic mass is 32.2. The van der Waals surface area contributed by atoms with Gasteiger partial charge in [0, 0.05) is 37.9 Å². The number of urea groups is 1. The molecule has 2 aliphatic heterocycles. The van der Waals surface area contributed by atoms with Crippen molar-refractivity contribution in [3.05, 3.63) is 30.1 Å². The summed E-state index contributed by atoms with van der Waals surface area (Å²) in [6.07, 6.45) is 2.45. The summed E-state index contributed by atoms with van der Waals surface area (Å²) in [6, 6.07) is 6.27. The summed E-state index contributed by atoms with van der Waals surface area (Å²) < 4.78 is 38.9. The van der Waals surface area contributed by atoms with Crippen LogP contribution < -0.4 is 14.9 Å². The first-order valence-electron chi connectivity index (χ1n) is 9.33. The van der Waals surface area contributed by atoms with E-state index in [0.29, 0.717) is 19.6 Å². The number of nitrogens with zero attached hydrogens (tertiary/aromatic N) is 2. The summed E-state index contributed by atoms with van der Waals surface area (Å²) in [5.74, 6) is -0.251. The monoisotopic (exact) mass is 398 g/mol. The Bertz CT molecular complexity index is 756. The molecule has 2 atom stereocenters. The summed E-state index contributed by atoms with van der Waals surface area (Å²) in [5, 5.41) is 3.06. The molecule has 27 heavy (non-hydrogen) atoms. The summed E-state index contributed by atoms with van der Waals surface area (Å²) in [6.45, 7) is 2.60. The van der Waals surface area contributed by atoms with Crippen LogP contribution in [0.3, 0.4) is 0 Å². The number of carbonyl (C=O) groups excluding carboxylic acids is 1. The van der Waals surface area contributed by atoms with Crippen molar-refractivity contribution >= 4 is 21.7 Å². The van der Waals surface area contributed by atoms with Crippen molar-refractivity contribution < 1.29 is 17.6 Å². The smallest absolute Gasteiger partial charge is 0.317 e. The van der Waals surface area contributed by atoms with Gasteiger partial charge in [0.25, 0.3) is 0 Å². The Morgan fingerprint density at radius 3 is 2.63 bits per heavy atom. The Labute approximate surface area is 160 Å². The maximum atomic E-state index is 13.1. The summed E-state index contributed by atoms with van der Waals surface area (Å²) in [7, 11) is -1.86. The predicted octanol–water partition coefficient (Wildman–Crippen LogP) is 1.38. The number of carbonyl (C=O) groups is 1. The van der Waals surface area contributed by atoms with Crippen LogP contribution in [-0.4, -0.2) is 64.4 Å². The van der Waals surface area contributed by atoms with Gasteiger partial charge >= 0.3 is 6.03 Å². The third-order valence-corrected chi connectivity index (χ3v) is 6.81. The zero-order valence-electron chi connectivity index (χ0n) is 15.5. The highest BCUT2D eigenvalue weighted by molar-refractivity contribution is 7.89. The molecule has 2 amide bonds. The van der Waals surface area contributed by atoms with Gasteiger partial charge in [-0.15, -0.1) is 0 Å². The number of hydrogen-bond donors (Lipinski definition) is 2. The van der Waals surface area contributed by atoms with Gasteiger partial charge in [0.1, 0.15) is 5.82 Å². The zero-order valence-corrected chi connectivity index (χ0v) is 16.3.